The van der Waals surface area contributed by atoms with Crippen molar-refractivity contribution in [3.63, 3.8) is 0 Å². The van der Waals surface area contributed by atoms with Crippen molar-refractivity contribution < 1.29 is 19.0 Å². The molecule has 9 heteroatoms. The number of hydrogen-bond donors (Lipinski definition) is 1. The van der Waals surface area contributed by atoms with Crippen molar-refractivity contribution in [2.75, 3.05) is 38.0 Å². The van der Waals surface area contributed by atoms with Crippen LogP contribution >= 0.6 is 0 Å². The molecular weight excluding hydrogens is 446 g/mol. The van der Waals surface area contributed by atoms with Crippen LogP contribution in [0.25, 0.3) is 22.2 Å². The molecule has 178 valence electrons. The Labute approximate surface area is 202 Å². The van der Waals surface area contributed by atoms with Gasteiger partial charge in [0.15, 0.2) is 17.3 Å². The highest BCUT2D eigenvalue weighted by Gasteiger charge is 2.22. The number of rotatable bonds is 6. The SMILES string of the molecule is O=C(Cn1cc(-c2ccccc2)c2ncnc(N3CCOCC3)c21)NCc1ccc2c(c1)OCO2. The summed E-state index contributed by atoms with van der Waals surface area (Å²) in [5.41, 5.74) is 4.65. The minimum atomic E-state index is -0.101. The lowest BCUT2D eigenvalue weighted by atomic mass is 10.1. The van der Waals surface area contributed by atoms with Gasteiger partial charge in [0.25, 0.3) is 0 Å². The van der Waals surface area contributed by atoms with Crippen molar-refractivity contribution in [1.82, 2.24) is 19.9 Å². The number of hydrogen-bond acceptors (Lipinski definition) is 7. The Hall–Kier alpha value is -4.11. The van der Waals surface area contributed by atoms with E-state index in [0.717, 1.165) is 52.4 Å². The maximum atomic E-state index is 13.0. The maximum Gasteiger partial charge on any atom is 0.240 e. The minimum absolute atomic E-state index is 0.101. The molecule has 2 aromatic carbocycles. The molecule has 1 N–H and O–H groups in total. The van der Waals surface area contributed by atoms with Crippen molar-refractivity contribution in [2.24, 2.45) is 0 Å². The van der Waals surface area contributed by atoms with E-state index in [1.54, 1.807) is 6.33 Å². The van der Waals surface area contributed by atoms with E-state index >= 15 is 0 Å². The molecule has 0 radical (unpaired) electrons. The molecule has 2 aliphatic heterocycles. The normalized spacial score (nSPS) is 14.9. The highest BCUT2D eigenvalue weighted by atomic mass is 16.7. The van der Waals surface area contributed by atoms with E-state index in [4.69, 9.17) is 14.2 Å². The second-order valence-electron chi connectivity index (χ2n) is 8.49. The molecule has 6 rings (SSSR count). The van der Waals surface area contributed by atoms with Crippen LogP contribution < -0.4 is 19.7 Å². The fourth-order valence-electron chi connectivity index (χ4n) is 4.53. The number of morpholine rings is 1. The molecule has 35 heavy (non-hydrogen) atoms. The average Bonchev–Trinajstić information content (AvgIpc) is 3.53. The van der Waals surface area contributed by atoms with Crippen LogP contribution in [0.1, 0.15) is 5.56 Å². The molecule has 1 fully saturated rings. The zero-order valence-electron chi connectivity index (χ0n) is 19.1. The van der Waals surface area contributed by atoms with E-state index in [2.05, 4.69) is 32.3 Å². The van der Waals surface area contributed by atoms with Crippen molar-refractivity contribution in [3.8, 4) is 22.6 Å². The van der Waals surface area contributed by atoms with Gasteiger partial charge >= 0.3 is 0 Å². The van der Waals surface area contributed by atoms with E-state index in [-0.39, 0.29) is 19.2 Å². The number of carbonyl (C=O) groups excluding carboxylic acids is 1. The van der Waals surface area contributed by atoms with Gasteiger partial charge in [0, 0.05) is 31.4 Å². The molecule has 0 atom stereocenters. The van der Waals surface area contributed by atoms with E-state index < -0.39 is 0 Å². The van der Waals surface area contributed by atoms with Gasteiger partial charge in [-0.3, -0.25) is 4.79 Å². The number of fused-ring (bicyclic) bond motifs is 2. The highest BCUT2D eigenvalue weighted by Crippen LogP contribution is 2.34. The zero-order valence-corrected chi connectivity index (χ0v) is 19.1. The Bertz CT molecular complexity index is 1370. The second-order valence-corrected chi connectivity index (χ2v) is 8.49. The number of nitrogens with zero attached hydrogens (tertiary/aromatic N) is 4. The maximum absolute atomic E-state index is 13.0. The average molecular weight is 472 g/mol. The van der Waals surface area contributed by atoms with Crippen LogP contribution in [-0.4, -0.2) is 53.5 Å². The first-order valence-corrected chi connectivity index (χ1v) is 11.6. The summed E-state index contributed by atoms with van der Waals surface area (Å²) in [5, 5.41) is 3.02. The standard InChI is InChI=1S/C26H25N5O4/c32-23(27-13-18-6-7-21-22(12-18)35-17-34-21)15-31-14-20(19-4-2-1-3-5-19)24-25(31)26(29-16-28-24)30-8-10-33-11-9-30/h1-7,12,14,16H,8-11,13,15,17H2,(H,27,32). The second kappa shape index (κ2) is 9.27. The van der Waals surface area contributed by atoms with Crippen molar-refractivity contribution in [2.45, 2.75) is 13.1 Å². The summed E-state index contributed by atoms with van der Waals surface area (Å²) in [6.07, 6.45) is 3.60. The first-order valence-electron chi connectivity index (χ1n) is 11.6. The van der Waals surface area contributed by atoms with Crippen molar-refractivity contribution in [1.29, 1.82) is 0 Å². The van der Waals surface area contributed by atoms with Crippen molar-refractivity contribution in [3.05, 3.63) is 66.6 Å². The Kier molecular flexibility index (Phi) is 5.67. The molecule has 4 heterocycles. The third-order valence-electron chi connectivity index (χ3n) is 6.27. The Morgan fingerprint density at radius 2 is 1.83 bits per heavy atom. The van der Waals surface area contributed by atoms with Crippen LogP contribution in [-0.2, 0) is 22.6 Å². The Morgan fingerprint density at radius 1 is 1.00 bits per heavy atom. The monoisotopic (exact) mass is 471 g/mol. The fourth-order valence-corrected chi connectivity index (χ4v) is 4.53. The molecule has 2 aliphatic rings. The lowest BCUT2D eigenvalue weighted by Crippen LogP contribution is -2.37. The molecule has 1 saturated heterocycles. The van der Waals surface area contributed by atoms with Crippen LogP contribution in [0, 0.1) is 0 Å². The summed E-state index contributed by atoms with van der Waals surface area (Å²) in [7, 11) is 0. The summed E-state index contributed by atoms with van der Waals surface area (Å²) in [5.74, 6) is 2.15. The van der Waals surface area contributed by atoms with Crippen LogP contribution in [0.3, 0.4) is 0 Å². The summed E-state index contributed by atoms with van der Waals surface area (Å²) in [6.45, 7) is 3.55. The smallest absolute Gasteiger partial charge is 0.240 e. The van der Waals surface area contributed by atoms with Crippen LogP contribution in [0.2, 0.25) is 0 Å². The van der Waals surface area contributed by atoms with Gasteiger partial charge in [-0.1, -0.05) is 36.4 Å². The molecule has 0 saturated carbocycles. The number of anilines is 1. The fraction of sp³-hybridized carbons (Fsp3) is 0.269. The zero-order chi connectivity index (χ0) is 23.6. The number of benzene rings is 2. The van der Waals surface area contributed by atoms with Gasteiger partial charge in [-0.15, -0.1) is 0 Å². The van der Waals surface area contributed by atoms with Gasteiger partial charge in [0.1, 0.15) is 23.9 Å². The molecule has 1 amide bonds. The Balaban J connectivity index is 1.30. The largest absolute Gasteiger partial charge is 0.454 e. The molecule has 0 spiro atoms. The molecule has 9 nitrogen and oxygen atoms in total. The summed E-state index contributed by atoms with van der Waals surface area (Å²) >= 11 is 0. The topological polar surface area (TPSA) is 90.7 Å². The van der Waals surface area contributed by atoms with E-state index in [0.29, 0.717) is 25.5 Å². The first-order chi connectivity index (χ1) is 17.3. The van der Waals surface area contributed by atoms with Crippen LogP contribution in [0.15, 0.2) is 61.1 Å². The minimum Gasteiger partial charge on any atom is -0.454 e. The predicted octanol–water partition coefficient (Wildman–Crippen LogP) is 2.98. The quantitative estimate of drug-likeness (QED) is 0.462. The molecule has 4 aromatic rings. The number of carbonyl (C=O) groups is 1. The molecule has 2 aromatic heterocycles. The molecule has 0 unspecified atom stereocenters. The summed E-state index contributed by atoms with van der Waals surface area (Å²) < 4.78 is 18.3. The molecular formula is C26H25N5O4. The van der Waals surface area contributed by atoms with Crippen LogP contribution in [0.4, 0.5) is 5.82 Å². The third-order valence-corrected chi connectivity index (χ3v) is 6.27. The lowest BCUT2D eigenvalue weighted by Gasteiger charge is -2.28. The molecule has 0 aliphatic carbocycles. The summed E-state index contributed by atoms with van der Waals surface area (Å²) in [4.78, 5) is 24.5. The van der Waals surface area contributed by atoms with Crippen molar-refractivity contribution >= 4 is 22.8 Å². The highest BCUT2D eigenvalue weighted by molar-refractivity contribution is 5.99. The van der Waals surface area contributed by atoms with Gasteiger partial charge < -0.3 is 29.0 Å². The van der Waals surface area contributed by atoms with Gasteiger partial charge in [0.2, 0.25) is 12.7 Å². The van der Waals surface area contributed by atoms with E-state index in [1.165, 1.54) is 0 Å². The van der Waals surface area contributed by atoms with Gasteiger partial charge in [-0.25, -0.2) is 9.97 Å². The van der Waals surface area contributed by atoms with Gasteiger partial charge in [0.05, 0.1) is 13.2 Å². The first kappa shape index (κ1) is 21.4. The van der Waals surface area contributed by atoms with Crippen LogP contribution in [0.5, 0.6) is 11.5 Å². The lowest BCUT2D eigenvalue weighted by molar-refractivity contribution is -0.121. The van der Waals surface area contributed by atoms with E-state index in [1.807, 2.05) is 47.2 Å². The van der Waals surface area contributed by atoms with Gasteiger partial charge in [-0.2, -0.15) is 0 Å². The number of amides is 1. The number of ether oxygens (including phenoxy) is 3. The van der Waals surface area contributed by atoms with Gasteiger partial charge in [-0.05, 0) is 23.3 Å². The number of nitrogens with one attached hydrogen (secondary N) is 1. The van der Waals surface area contributed by atoms with E-state index in [9.17, 15) is 4.79 Å². The number of aromatic nitrogens is 3. The third kappa shape index (κ3) is 4.26. The predicted molar refractivity (Wildman–Crippen MR) is 130 cm³/mol. The summed E-state index contributed by atoms with van der Waals surface area (Å²) in [6, 6.07) is 15.8. The molecule has 0 bridgehead atoms. The Morgan fingerprint density at radius 3 is 2.69 bits per heavy atom.